The second-order valence-electron chi connectivity index (χ2n) is 18.6. The zero-order valence-electron chi connectivity index (χ0n) is 40.5. The zero-order valence-corrected chi connectivity index (χ0v) is 41.4. The molecule has 3 nitrogen and oxygen atoms in total. The fourth-order valence-corrected chi connectivity index (χ4v) is 11.6. The number of para-hydroxylation sites is 5. The van der Waals surface area contributed by atoms with Gasteiger partial charge in [0, 0.05) is 71.4 Å². The quantitative estimate of drug-likeness (QED) is 0.121. The number of fused-ring (bicyclic) bond motifs is 4. The van der Waals surface area contributed by atoms with E-state index in [2.05, 4.69) is 312 Å². The minimum atomic E-state index is 1.09. The van der Waals surface area contributed by atoms with Crippen molar-refractivity contribution in [1.29, 1.82) is 0 Å². The fourth-order valence-electron chi connectivity index (χ4n) is 10.5. The Balaban J connectivity index is 0.980. The van der Waals surface area contributed by atoms with Gasteiger partial charge in [-0.1, -0.05) is 164 Å². The Bertz CT molecular complexity index is 4000. The summed E-state index contributed by atoms with van der Waals surface area (Å²) in [6, 6.07) is 108. The number of thiophene rings is 1. The average Bonchev–Trinajstić information content (AvgIpc) is 3.85. The molecule has 0 N–H and O–H groups in total. The molecule has 0 amide bonds. The Morgan fingerprint density at radius 3 is 1.12 bits per heavy atom. The molecule has 12 aromatic carbocycles. The molecular weight excluding hydrogens is 915 g/mol. The van der Waals surface area contributed by atoms with E-state index in [0.29, 0.717) is 0 Å². The molecular formula is C70H49N3S. The summed E-state index contributed by atoms with van der Waals surface area (Å²) in [5.41, 5.74) is 16.9. The molecule has 1 heterocycles. The predicted molar refractivity (Wildman–Crippen MR) is 317 cm³/mol. The van der Waals surface area contributed by atoms with Crippen molar-refractivity contribution in [3.63, 3.8) is 0 Å². The maximum absolute atomic E-state index is 2.42. The number of anilines is 9. The summed E-state index contributed by atoms with van der Waals surface area (Å²) in [5, 5.41) is 4.93. The van der Waals surface area contributed by atoms with Gasteiger partial charge in [-0.3, -0.25) is 0 Å². The first-order chi connectivity index (χ1) is 36.7. The molecule has 0 unspecified atom stereocenters. The third kappa shape index (κ3) is 8.64. The van der Waals surface area contributed by atoms with Gasteiger partial charge in [0.1, 0.15) is 0 Å². The summed E-state index contributed by atoms with van der Waals surface area (Å²) >= 11 is 1.87. The van der Waals surface area contributed by atoms with E-state index in [0.717, 1.165) is 73.4 Å². The lowest BCUT2D eigenvalue weighted by molar-refractivity contribution is 1.28. The van der Waals surface area contributed by atoms with Crippen molar-refractivity contribution in [3.05, 3.63) is 297 Å². The van der Waals surface area contributed by atoms with Crippen molar-refractivity contribution >= 4 is 93.5 Å². The van der Waals surface area contributed by atoms with Gasteiger partial charge < -0.3 is 14.7 Å². The molecule has 0 atom stereocenters. The Morgan fingerprint density at radius 1 is 0.216 bits per heavy atom. The number of hydrogen-bond acceptors (Lipinski definition) is 4. The highest BCUT2D eigenvalue weighted by Crippen LogP contribution is 2.47. The topological polar surface area (TPSA) is 9.72 Å². The Hall–Kier alpha value is -9.48. The molecule has 74 heavy (non-hydrogen) atoms. The smallest absolute Gasteiger partial charge is 0.0468 e. The molecule has 4 heteroatoms. The fraction of sp³-hybridized carbons (Fsp3) is 0. The second-order valence-corrected chi connectivity index (χ2v) is 19.7. The SMILES string of the molecule is c1ccc(N(c2ccccc2)c2cccc(-c3cc(-c4cccc(N(c5ccccc5)c5ccccc5)c4)c4c(c3)sc3ccc(-c5cccc(N(c6ccccc6)c6ccc7ccccc7c6)c5)cc34)c2)cc1. The highest BCUT2D eigenvalue weighted by Gasteiger charge is 2.20. The Morgan fingerprint density at radius 2 is 0.608 bits per heavy atom. The number of nitrogens with zero attached hydrogens (tertiary/aromatic N) is 3. The molecule has 0 saturated carbocycles. The van der Waals surface area contributed by atoms with Crippen LogP contribution in [0.2, 0.25) is 0 Å². The van der Waals surface area contributed by atoms with Gasteiger partial charge in [0.15, 0.2) is 0 Å². The minimum absolute atomic E-state index is 1.09. The van der Waals surface area contributed by atoms with Gasteiger partial charge in [0.05, 0.1) is 0 Å². The van der Waals surface area contributed by atoms with Crippen LogP contribution in [-0.2, 0) is 0 Å². The number of benzene rings is 12. The molecule has 0 saturated heterocycles. The molecule has 0 aliphatic heterocycles. The maximum Gasteiger partial charge on any atom is 0.0468 e. The van der Waals surface area contributed by atoms with Crippen molar-refractivity contribution in [2.45, 2.75) is 0 Å². The lowest BCUT2D eigenvalue weighted by Crippen LogP contribution is -2.09. The van der Waals surface area contributed by atoms with Crippen LogP contribution in [0.1, 0.15) is 0 Å². The van der Waals surface area contributed by atoms with Gasteiger partial charge in [0.25, 0.3) is 0 Å². The monoisotopic (exact) mass is 963 g/mol. The van der Waals surface area contributed by atoms with Gasteiger partial charge >= 0.3 is 0 Å². The Kier molecular flexibility index (Phi) is 11.8. The van der Waals surface area contributed by atoms with E-state index in [-0.39, 0.29) is 0 Å². The van der Waals surface area contributed by atoms with E-state index in [1.165, 1.54) is 42.1 Å². The predicted octanol–water partition coefficient (Wildman–Crippen LogP) is 20.6. The van der Waals surface area contributed by atoms with Crippen LogP contribution in [0, 0.1) is 0 Å². The highest BCUT2D eigenvalue weighted by molar-refractivity contribution is 7.26. The zero-order chi connectivity index (χ0) is 49.2. The molecule has 0 spiro atoms. The molecule has 350 valence electrons. The van der Waals surface area contributed by atoms with Gasteiger partial charge in [-0.2, -0.15) is 0 Å². The first-order valence-electron chi connectivity index (χ1n) is 25.1. The first kappa shape index (κ1) is 44.5. The van der Waals surface area contributed by atoms with Crippen LogP contribution < -0.4 is 14.7 Å². The van der Waals surface area contributed by atoms with Crippen molar-refractivity contribution in [3.8, 4) is 33.4 Å². The van der Waals surface area contributed by atoms with Crippen molar-refractivity contribution < 1.29 is 0 Å². The summed E-state index contributed by atoms with van der Waals surface area (Å²) in [7, 11) is 0. The third-order valence-corrected chi connectivity index (χ3v) is 15.0. The lowest BCUT2D eigenvalue weighted by atomic mass is 9.93. The summed E-state index contributed by atoms with van der Waals surface area (Å²) in [6.07, 6.45) is 0. The van der Waals surface area contributed by atoms with Crippen LogP contribution in [-0.4, -0.2) is 0 Å². The molecule has 1 aromatic heterocycles. The van der Waals surface area contributed by atoms with E-state index < -0.39 is 0 Å². The molecule has 0 radical (unpaired) electrons. The van der Waals surface area contributed by atoms with Crippen molar-refractivity contribution in [1.82, 2.24) is 0 Å². The standard InChI is InChI=1S/C70H49N3S/c1-6-26-57(27-7-1)71(58-28-8-2-9-29-58)62-36-19-24-53(45-62)56-48-66(55-25-20-38-64(46-55)72(59-30-10-3-11-31-59)60-32-12-4-13-33-60)70-67-47-54(40-42-68(67)74-69(70)49-56)52-23-18-37-63(44-52)73(61-34-14-5-15-35-61)65-41-39-50-21-16-17-22-51(50)43-65/h1-49H. The van der Waals surface area contributed by atoms with Gasteiger partial charge in [-0.25, -0.2) is 0 Å². The summed E-state index contributed by atoms with van der Waals surface area (Å²) in [6.45, 7) is 0. The molecule has 13 aromatic rings. The summed E-state index contributed by atoms with van der Waals surface area (Å²) in [4.78, 5) is 7.05. The van der Waals surface area contributed by atoms with E-state index in [4.69, 9.17) is 0 Å². The van der Waals surface area contributed by atoms with E-state index >= 15 is 0 Å². The molecule has 0 fully saturated rings. The van der Waals surface area contributed by atoms with E-state index in [1.807, 2.05) is 11.3 Å². The van der Waals surface area contributed by atoms with E-state index in [9.17, 15) is 0 Å². The second kappa shape index (κ2) is 19.6. The number of hydrogen-bond donors (Lipinski definition) is 0. The number of rotatable bonds is 12. The Labute approximate surface area is 436 Å². The van der Waals surface area contributed by atoms with Crippen LogP contribution in [0.5, 0.6) is 0 Å². The summed E-state index contributed by atoms with van der Waals surface area (Å²) in [5.74, 6) is 0. The average molecular weight is 964 g/mol. The van der Waals surface area contributed by atoms with Crippen LogP contribution in [0.25, 0.3) is 64.3 Å². The van der Waals surface area contributed by atoms with Crippen molar-refractivity contribution in [2.24, 2.45) is 0 Å². The van der Waals surface area contributed by atoms with Crippen LogP contribution in [0.15, 0.2) is 297 Å². The largest absolute Gasteiger partial charge is 0.310 e. The molecule has 13 rings (SSSR count). The minimum Gasteiger partial charge on any atom is -0.310 e. The van der Waals surface area contributed by atoms with Crippen molar-refractivity contribution in [2.75, 3.05) is 14.7 Å². The van der Waals surface area contributed by atoms with Crippen LogP contribution in [0.4, 0.5) is 51.2 Å². The van der Waals surface area contributed by atoms with Gasteiger partial charge in [-0.15, -0.1) is 11.3 Å². The third-order valence-electron chi connectivity index (χ3n) is 13.9. The van der Waals surface area contributed by atoms with Gasteiger partial charge in [0.2, 0.25) is 0 Å². The van der Waals surface area contributed by atoms with Gasteiger partial charge in [-0.05, 0) is 178 Å². The normalized spacial score (nSPS) is 11.2. The van der Waals surface area contributed by atoms with E-state index in [1.54, 1.807) is 0 Å². The summed E-state index contributed by atoms with van der Waals surface area (Å²) < 4.78 is 2.49. The van der Waals surface area contributed by atoms with Crippen LogP contribution >= 0.6 is 11.3 Å². The molecule has 0 bridgehead atoms. The molecule has 0 aliphatic rings. The molecule has 0 aliphatic carbocycles. The highest BCUT2D eigenvalue weighted by atomic mass is 32.1. The first-order valence-corrected chi connectivity index (χ1v) is 26.0. The van der Waals surface area contributed by atoms with Crippen LogP contribution in [0.3, 0.4) is 0 Å². The maximum atomic E-state index is 2.42. The lowest BCUT2D eigenvalue weighted by Gasteiger charge is -2.26.